The molecule has 26 heavy (non-hydrogen) atoms. The van der Waals surface area contributed by atoms with E-state index in [0.717, 1.165) is 5.69 Å². The zero-order valence-electron chi connectivity index (χ0n) is 13.7. The van der Waals surface area contributed by atoms with E-state index < -0.39 is 23.2 Å². The van der Waals surface area contributed by atoms with Crippen LogP contribution in [0.3, 0.4) is 0 Å². The normalized spacial score (nSPS) is 23.4. The molecule has 142 valence electrons. The molecular formula is C16H18F3N3O4. The van der Waals surface area contributed by atoms with Crippen LogP contribution in [0.5, 0.6) is 5.75 Å². The van der Waals surface area contributed by atoms with Gasteiger partial charge in [0.05, 0.1) is 0 Å². The maximum absolute atomic E-state index is 12.2. The van der Waals surface area contributed by atoms with E-state index in [4.69, 9.17) is 0 Å². The summed E-state index contributed by atoms with van der Waals surface area (Å²) < 4.78 is 40.4. The van der Waals surface area contributed by atoms with Gasteiger partial charge in [-0.25, -0.2) is 0 Å². The molecule has 1 heterocycles. The number of nitrogens with one attached hydrogen (secondary N) is 1. The van der Waals surface area contributed by atoms with Crippen molar-refractivity contribution in [3.8, 4) is 5.75 Å². The van der Waals surface area contributed by atoms with E-state index in [-0.39, 0.29) is 17.7 Å². The highest BCUT2D eigenvalue weighted by Gasteiger charge is 2.53. The highest BCUT2D eigenvalue weighted by molar-refractivity contribution is 5.82. The molecule has 1 aliphatic heterocycles. The van der Waals surface area contributed by atoms with Crippen molar-refractivity contribution in [3.63, 3.8) is 0 Å². The van der Waals surface area contributed by atoms with E-state index >= 15 is 0 Å². The van der Waals surface area contributed by atoms with Crippen molar-refractivity contribution >= 4 is 11.6 Å². The first-order chi connectivity index (χ1) is 12.2. The predicted molar refractivity (Wildman–Crippen MR) is 85.4 cm³/mol. The fourth-order valence-electron chi connectivity index (χ4n) is 3.15. The highest BCUT2D eigenvalue weighted by atomic mass is 19.4. The van der Waals surface area contributed by atoms with Crippen molar-refractivity contribution < 1.29 is 27.6 Å². The smallest absolute Gasteiger partial charge is 0.406 e. The summed E-state index contributed by atoms with van der Waals surface area (Å²) in [6.07, 6.45) is -3.08. The van der Waals surface area contributed by atoms with E-state index in [1.54, 1.807) is 12.1 Å². The Morgan fingerprint density at radius 3 is 2.35 bits per heavy atom. The van der Waals surface area contributed by atoms with Crippen molar-refractivity contribution in [3.05, 3.63) is 34.4 Å². The molecule has 0 radical (unpaired) electrons. The molecule has 1 N–H and O–H groups in total. The number of benzene rings is 1. The molecule has 2 atom stereocenters. The van der Waals surface area contributed by atoms with Gasteiger partial charge >= 0.3 is 6.36 Å². The average Bonchev–Trinajstić information content (AvgIpc) is 3.36. The molecule has 7 nitrogen and oxygen atoms in total. The largest absolute Gasteiger partial charge is 0.573 e. The van der Waals surface area contributed by atoms with Gasteiger partial charge in [0.1, 0.15) is 11.7 Å². The van der Waals surface area contributed by atoms with E-state index in [1.165, 1.54) is 12.1 Å². The van der Waals surface area contributed by atoms with Crippen LogP contribution in [0.1, 0.15) is 19.3 Å². The first kappa shape index (κ1) is 18.3. The molecule has 0 spiro atoms. The molecule has 1 saturated heterocycles. The Morgan fingerprint density at radius 1 is 1.23 bits per heavy atom. The summed E-state index contributed by atoms with van der Waals surface area (Å²) in [5.41, 5.74) is 0.778. The lowest BCUT2D eigenvalue weighted by atomic mass is 10.0. The number of ether oxygens (including phenoxy) is 1. The second-order valence-corrected chi connectivity index (χ2v) is 6.51. The van der Waals surface area contributed by atoms with Gasteiger partial charge in [-0.15, -0.1) is 13.2 Å². The summed E-state index contributed by atoms with van der Waals surface area (Å²) in [5, 5.41) is 13.5. The number of halogens is 3. The minimum atomic E-state index is -4.71. The average molecular weight is 373 g/mol. The van der Waals surface area contributed by atoms with E-state index in [2.05, 4.69) is 10.1 Å². The topological polar surface area (TPSA) is 84.7 Å². The van der Waals surface area contributed by atoms with Crippen molar-refractivity contribution in [2.45, 2.75) is 37.7 Å². The molecule has 1 aromatic rings. The Labute approximate surface area is 147 Å². The zero-order valence-corrected chi connectivity index (χ0v) is 13.7. The first-order valence-electron chi connectivity index (χ1n) is 8.27. The molecular weight excluding hydrogens is 355 g/mol. The SMILES string of the molecule is O=C(NC1CCN(c2ccc(OC(F)(F)F)cc2)CC1)C1CC1[N+](=O)[O-]. The van der Waals surface area contributed by atoms with Crippen LogP contribution in [0.4, 0.5) is 18.9 Å². The number of carbonyl (C=O) groups excluding carboxylic acids is 1. The summed E-state index contributed by atoms with van der Waals surface area (Å²) in [7, 11) is 0. The van der Waals surface area contributed by atoms with Crippen molar-refractivity contribution in [2.24, 2.45) is 5.92 Å². The minimum absolute atomic E-state index is 0.0420. The molecule has 2 unspecified atom stereocenters. The fourth-order valence-corrected chi connectivity index (χ4v) is 3.15. The van der Waals surface area contributed by atoms with Crippen LogP contribution in [-0.4, -0.2) is 42.4 Å². The summed E-state index contributed by atoms with van der Waals surface area (Å²) in [6, 6.07) is 4.85. The number of alkyl halides is 3. The molecule has 1 amide bonds. The number of carbonyl (C=O) groups is 1. The third kappa shape index (κ3) is 4.55. The zero-order chi connectivity index (χ0) is 18.9. The Hall–Kier alpha value is -2.52. The molecule has 2 fully saturated rings. The quantitative estimate of drug-likeness (QED) is 0.633. The summed E-state index contributed by atoms with van der Waals surface area (Å²) in [4.78, 5) is 24.2. The monoisotopic (exact) mass is 373 g/mol. The second-order valence-electron chi connectivity index (χ2n) is 6.51. The van der Waals surface area contributed by atoms with Gasteiger partial charge in [-0.3, -0.25) is 14.9 Å². The van der Waals surface area contributed by atoms with Crippen molar-refractivity contribution in [2.75, 3.05) is 18.0 Å². The summed E-state index contributed by atoms with van der Waals surface area (Å²) in [6.45, 7) is 1.27. The van der Waals surface area contributed by atoms with Gasteiger partial charge in [0.15, 0.2) is 0 Å². The van der Waals surface area contributed by atoms with Gasteiger partial charge in [-0.05, 0) is 37.1 Å². The van der Waals surface area contributed by atoms with E-state index in [0.29, 0.717) is 32.4 Å². The van der Waals surface area contributed by atoms with Crippen LogP contribution in [0.15, 0.2) is 24.3 Å². The fraction of sp³-hybridized carbons (Fsp3) is 0.562. The molecule has 0 aromatic heterocycles. The third-order valence-electron chi connectivity index (χ3n) is 4.64. The first-order valence-corrected chi connectivity index (χ1v) is 8.27. The van der Waals surface area contributed by atoms with Gasteiger partial charge in [-0.2, -0.15) is 0 Å². The van der Waals surface area contributed by atoms with Crippen LogP contribution < -0.4 is 15.0 Å². The highest BCUT2D eigenvalue weighted by Crippen LogP contribution is 2.33. The third-order valence-corrected chi connectivity index (χ3v) is 4.64. The lowest BCUT2D eigenvalue weighted by Crippen LogP contribution is -2.45. The van der Waals surface area contributed by atoms with Crippen LogP contribution in [-0.2, 0) is 4.79 Å². The van der Waals surface area contributed by atoms with Gasteiger partial charge in [-0.1, -0.05) is 0 Å². The number of hydrogen-bond donors (Lipinski definition) is 1. The molecule has 1 aromatic carbocycles. The minimum Gasteiger partial charge on any atom is -0.406 e. The lowest BCUT2D eigenvalue weighted by molar-refractivity contribution is -0.497. The Balaban J connectivity index is 1.46. The van der Waals surface area contributed by atoms with E-state index in [1.807, 2.05) is 4.90 Å². The van der Waals surface area contributed by atoms with Gasteiger partial charge in [0, 0.05) is 36.2 Å². The maximum atomic E-state index is 12.2. The number of hydrogen-bond acceptors (Lipinski definition) is 5. The van der Waals surface area contributed by atoms with Crippen LogP contribution in [0.25, 0.3) is 0 Å². The summed E-state index contributed by atoms with van der Waals surface area (Å²) >= 11 is 0. The van der Waals surface area contributed by atoms with Gasteiger partial charge in [0.2, 0.25) is 11.9 Å². The molecule has 1 aliphatic carbocycles. The Morgan fingerprint density at radius 2 is 1.85 bits per heavy atom. The van der Waals surface area contributed by atoms with Gasteiger partial charge < -0.3 is 15.0 Å². The van der Waals surface area contributed by atoms with E-state index in [9.17, 15) is 28.1 Å². The molecule has 3 rings (SSSR count). The Bertz CT molecular complexity index is 672. The van der Waals surface area contributed by atoms with Gasteiger partial charge in [0.25, 0.3) is 0 Å². The lowest BCUT2D eigenvalue weighted by Gasteiger charge is -2.34. The number of nitrogens with zero attached hydrogens (tertiary/aromatic N) is 2. The van der Waals surface area contributed by atoms with Crippen LogP contribution in [0, 0.1) is 16.0 Å². The summed E-state index contributed by atoms with van der Waals surface area (Å²) in [5.74, 6) is -1.06. The van der Waals surface area contributed by atoms with Crippen LogP contribution >= 0.6 is 0 Å². The van der Waals surface area contributed by atoms with Crippen LogP contribution in [0.2, 0.25) is 0 Å². The molecule has 2 aliphatic rings. The Kier molecular flexibility index (Phi) is 4.92. The molecule has 1 saturated carbocycles. The number of anilines is 1. The second kappa shape index (κ2) is 7.00. The molecule has 10 heteroatoms. The standard InChI is InChI=1S/C16H18F3N3O4/c17-16(18,19)26-12-3-1-11(2-4-12)21-7-5-10(6-8-21)20-15(23)13-9-14(13)22(24)25/h1-4,10,13-14H,5-9H2,(H,20,23). The molecule has 0 bridgehead atoms. The number of amides is 1. The van der Waals surface area contributed by atoms with Crippen molar-refractivity contribution in [1.82, 2.24) is 5.32 Å². The number of nitro groups is 1. The number of rotatable bonds is 5. The predicted octanol–water partition coefficient (Wildman–Crippen LogP) is 2.34. The maximum Gasteiger partial charge on any atom is 0.573 e. The van der Waals surface area contributed by atoms with Crippen molar-refractivity contribution in [1.29, 1.82) is 0 Å². The number of piperidine rings is 1.